The molecule has 4 fully saturated rings. The third-order valence-electron chi connectivity index (χ3n) is 11.1. The summed E-state index contributed by atoms with van der Waals surface area (Å²) in [7, 11) is 0. The van der Waals surface area contributed by atoms with Crippen molar-refractivity contribution in [3.05, 3.63) is 0 Å². The number of aliphatic hydroxyl groups is 3. The van der Waals surface area contributed by atoms with E-state index in [2.05, 4.69) is 20.8 Å². The SMILES string of the molecule is CC(C=O)CCC[C@@H](C)[C@H]1CC[C@H]2[C@@H]3[C@H](O)C[C@@H]4C[C@H](O)CC[C@]4(C)[C@H]3C[C@H](O)[C@]12C.O. The van der Waals surface area contributed by atoms with Crippen LogP contribution in [-0.4, -0.2) is 45.4 Å². The molecule has 4 rings (SSSR count). The Morgan fingerprint density at radius 1 is 0.969 bits per heavy atom. The van der Waals surface area contributed by atoms with Gasteiger partial charge in [-0.15, -0.1) is 0 Å². The van der Waals surface area contributed by atoms with Crippen molar-refractivity contribution in [2.45, 2.75) is 110 Å². The monoisotopic (exact) mass is 452 g/mol. The molecule has 4 aliphatic carbocycles. The van der Waals surface area contributed by atoms with Gasteiger partial charge in [0.05, 0.1) is 18.3 Å². The van der Waals surface area contributed by atoms with E-state index in [1.54, 1.807) is 0 Å². The maximum Gasteiger partial charge on any atom is 0.122 e. The Hall–Kier alpha value is -0.490. The zero-order valence-electron chi connectivity index (χ0n) is 20.7. The van der Waals surface area contributed by atoms with Gasteiger partial charge in [0.25, 0.3) is 0 Å². The highest BCUT2D eigenvalue weighted by atomic mass is 16.3. The molecule has 0 aromatic rings. The number of carbonyl (C=O) groups is 1. The molecule has 0 aliphatic heterocycles. The molecule has 0 amide bonds. The first kappa shape index (κ1) is 26.1. The van der Waals surface area contributed by atoms with E-state index in [0.29, 0.717) is 29.6 Å². The first-order chi connectivity index (χ1) is 14.6. The van der Waals surface area contributed by atoms with Crippen molar-refractivity contribution in [3.8, 4) is 0 Å². The van der Waals surface area contributed by atoms with Crippen LogP contribution in [0.3, 0.4) is 0 Å². The average molecular weight is 453 g/mol. The van der Waals surface area contributed by atoms with Crippen LogP contribution < -0.4 is 0 Å². The van der Waals surface area contributed by atoms with E-state index < -0.39 is 0 Å². The normalized spacial score (nSPS) is 49.7. The summed E-state index contributed by atoms with van der Waals surface area (Å²) in [6, 6.07) is 0. The van der Waals surface area contributed by atoms with E-state index in [1.165, 1.54) is 0 Å². The lowest BCUT2D eigenvalue weighted by Crippen LogP contribution is -2.62. The standard InChI is InChI=1S/C27H46O4.H2O/c1-16(15-28)6-5-7-17(2)20-8-9-21-25-22(14-24(31)27(20,21)4)26(3)11-10-19(29)12-18(26)13-23(25)30;/h15-25,29-31H,5-14H2,1-4H3;1H2/t16?,17-,18+,19-,20-,21+,22+,23-,24+,25+,26+,27-;/m1./s1. The van der Waals surface area contributed by atoms with Crippen molar-refractivity contribution < 1.29 is 25.6 Å². The summed E-state index contributed by atoms with van der Waals surface area (Å²) < 4.78 is 0. The molecule has 0 bridgehead atoms. The second kappa shape index (κ2) is 9.64. The Morgan fingerprint density at radius 3 is 2.38 bits per heavy atom. The minimum absolute atomic E-state index is 0. The van der Waals surface area contributed by atoms with Crippen LogP contribution in [-0.2, 0) is 4.79 Å². The van der Waals surface area contributed by atoms with Crippen LogP contribution in [0.25, 0.3) is 0 Å². The van der Waals surface area contributed by atoms with Gasteiger partial charge in [-0.1, -0.05) is 40.5 Å². The molecule has 32 heavy (non-hydrogen) atoms. The van der Waals surface area contributed by atoms with Gasteiger partial charge in [-0.3, -0.25) is 0 Å². The second-order valence-electron chi connectivity index (χ2n) is 12.5. The summed E-state index contributed by atoms with van der Waals surface area (Å²) in [4.78, 5) is 11.0. The van der Waals surface area contributed by atoms with Gasteiger partial charge in [0.1, 0.15) is 6.29 Å². The quantitative estimate of drug-likeness (QED) is 0.533. The maximum atomic E-state index is 11.6. The average Bonchev–Trinajstić information content (AvgIpc) is 3.08. The Bertz CT molecular complexity index is 654. The molecule has 0 heterocycles. The zero-order chi connectivity index (χ0) is 22.6. The van der Waals surface area contributed by atoms with Crippen molar-refractivity contribution in [3.63, 3.8) is 0 Å². The van der Waals surface area contributed by atoms with Crippen LogP contribution in [0.5, 0.6) is 0 Å². The van der Waals surface area contributed by atoms with E-state index in [0.717, 1.165) is 70.5 Å². The highest BCUT2D eigenvalue weighted by Gasteiger charge is 2.65. The van der Waals surface area contributed by atoms with E-state index >= 15 is 0 Å². The van der Waals surface area contributed by atoms with E-state index in [4.69, 9.17) is 0 Å². The van der Waals surface area contributed by atoms with Crippen molar-refractivity contribution in [1.29, 1.82) is 0 Å². The van der Waals surface area contributed by atoms with Gasteiger partial charge in [0.15, 0.2) is 0 Å². The van der Waals surface area contributed by atoms with E-state index in [-0.39, 0.29) is 46.5 Å². The molecular formula is C27H48O5. The number of fused-ring (bicyclic) bond motifs is 5. The maximum absolute atomic E-state index is 11.6. The molecule has 0 aromatic carbocycles. The van der Waals surface area contributed by atoms with Gasteiger partial charge >= 0.3 is 0 Å². The van der Waals surface area contributed by atoms with Gasteiger partial charge in [-0.05, 0) is 97.7 Å². The predicted molar refractivity (Wildman–Crippen MR) is 126 cm³/mol. The first-order valence-electron chi connectivity index (χ1n) is 13.1. The van der Waals surface area contributed by atoms with Gasteiger partial charge in [-0.25, -0.2) is 0 Å². The predicted octanol–water partition coefficient (Wildman–Crippen LogP) is 3.76. The molecule has 4 aliphatic rings. The molecule has 5 heteroatoms. The summed E-state index contributed by atoms with van der Waals surface area (Å²) in [6.07, 6.45) is 9.98. The fraction of sp³-hybridized carbons (Fsp3) is 0.963. The van der Waals surface area contributed by atoms with Gasteiger partial charge in [0.2, 0.25) is 0 Å². The zero-order valence-corrected chi connectivity index (χ0v) is 20.7. The topological polar surface area (TPSA) is 109 Å². The summed E-state index contributed by atoms with van der Waals surface area (Å²) in [5, 5.41) is 33.2. The van der Waals surface area contributed by atoms with Gasteiger partial charge in [0, 0.05) is 5.92 Å². The number of carbonyl (C=O) groups excluding carboxylic acids is 1. The minimum atomic E-state index is -0.308. The van der Waals surface area contributed by atoms with Gasteiger partial charge in [-0.2, -0.15) is 0 Å². The van der Waals surface area contributed by atoms with Crippen LogP contribution in [0, 0.1) is 52.3 Å². The summed E-state index contributed by atoms with van der Waals surface area (Å²) in [5.41, 5.74) is 0.0231. The van der Waals surface area contributed by atoms with Crippen LogP contribution in [0.15, 0.2) is 0 Å². The summed E-state index contributed by atoms with van der Waals surface area (Å²) in [5.74, 6) is 2.59. The lowest BCUT2D eigenvalue weighted by Gasteiger charge is -2.63. The van der Waals surface area contributed by atoms with Crippen molar-refractivity contribution in [2.24, 2.45) is 52.3 Å². The molecular weight excluding hydrogens is 404 g/mol. The Kier molecular flexibility index (Phi) is 7.87. The molecule has 0 saturated heterocycles. The Labute approximate surface area is 194 Å². The van der Waals surface area contributed by atoms with Gasteiger partial charge < -0.3 is 25.6 Å². The summed E-state index contributed by atoms with van der Waals surface area (Å²) in [6.45, 7) is 9.07. The van der Waals surface area contributed by atoms with Crippen LogP contribution >= 0.6 is 0 Å². The fourth-order valence-electron chi connectivity index (χ4n) is 9.16. The minimum Gasteiger partial charge on any atom is -0.412 e. The lowest BCUT2D eigenvalue weighted by molar-refractivity contribution is -0.207. The van der Waals surface area contributed by atoms with E-state index in [1.807, 2.05) is 6.92 Å². The molecule has 0 spiro atoms. The number of hydrogen-bond acceptors (Lipinski definition) is 4. The number of aliphatic hydroxyl groups excluding tert-OH is 3. The Morgan fingerprint density at radius 2 is 1.69 bits per heavy atom. The highest BCUT2D eigenvalue weighted by Crippen LogP contribution is 2.68. The first-order valence-corrected chi connectivity index (χ1v) is 13.1. The fourth-order valence-corrected chi connectivity index (χ4v) is 9.16. The van der Waals surface area contributed by atoms with Crippen LogP contribution in [0.2, 0.25) is 0 Å². The number of rotatable bonds is 6. The summed E-state index contributed by atoms with van der Waals surface area (Å²) >= 11 is 0. The lowest BCUT2D eigenvalue weighted by atomic mass is 9.43. The van der Waals surface area contributed by atoms with Crippen molar-refractivity contribution in [2.75, 3.05) is 0 Å². The molecule has 12 atom stereocenters. The molecule has 5 N–H and O–H groups in total. The molecule has 186 valence electrons. The van der Waals surface area contributed by atoms with Crippen LogP contribution in [0.1, 0.15) is 91.9 Å². The largest absolute Gasteiger partial charge is 0.412 e. The van der Waals surface area contributed by atoms with Crippen LogP contribution in [0.4, 0.5) is 0 Å². The third-order valence-corrected chi connectivity index (χ3v) is 11.1. The number of hydrogen-bond donors (Lipinski definition) is 3. The molecule has 0 aromatic heterocycles. The van der Waals surface area contributed by atoms with Crippen molar-refractivity contribution >= 4 is 6.29 Å². The molecule has 0 radical (unpaired) electrons. The number of aldehydes is 1. The smallest absolute Gasteiger partial charge is 0.122 e. The highest BCUT2D eigenvalue weighted by molar-refractivity contribution is 5.52. The molecule has 5 nitrogen and oxygen atoms in total. The third kappa shape index (κ3) is 4.10. The Balaban J connectivity index is 0.00000289. The molecule has 1 unspecified atom stereocenters. The van der Waals surface area contributed by atoms with E-state index in [9.17, 15) is 20.1 Å². The van der Waals surface area contributed by atoms with Crippen molar-refractivity contribution in [1.82, 2.24) is 0 Å². The second-order valence-corrected chi connectivity index (χ2v) is 12.5. The molecule has 4 saturated carbocycles.